The summed E-state index contributed by atoms with van der Waals surface area (Å²) in [7, 11) is 1.57. The highest BCUT2D eigenvalue weighted by Gasteiger charge is 2.26. The van der Waals surface area contributed by atoms with Crippen molar-refractivity contribution in [3.8, 4) is 28.9 Å². The number of hydrogen-bond acceptors (Lipinski definition) is 8. The number of anilines is 1. The smallest absolute Gasteiger partial charge is 0.319 e. The Bertz CT molecular complexity index is 1520. The van der Waals surface area contributed by atoms with Gasteiger partial charge < -0.3 is 34.3 Å². The number of urea groups is 1. The normalized spacial score (nSPS) is 13.0. The van der Waals surface area contributed by atoms with Crippen LogP contribution in [0.2, 0.25) is 0 Å². The van der Waals surface area contributed by atoms with Crippen molar-refractivity contribution < 1.29 is 37.3 Å². The molecule has 0 fully saturated rings. The molecule has 208 valence electrons. The number of nitrogens with one attached hydrogen (secondary N) is 2. The minimum Gasteiger partial charge on any atom is -0.487 e. The third kappa shape index (κ3) is 5.96. The average molecular weight is 553 g/mol. The Balaban J connectivity index is 1.34. The number of carbonyl (C=O) groups excluding carboxylic acids is 1. The van der Waals surface area contributed by atoms with E-state index in [4.69, 9.17) is 23.7 Å². The van der Waals surface area contributed by atoms with Crippen LogP contribution in [-0.4, -0.2) is 49.5 Å². The Hall–Kier alpha value is -4.71. The van der Waals surface area contributed by atoms with Gasteiger partial charge in [0.25, 0.3) is 0 Å². The molecule has 0 unspecified atom stereocenters. The Kier molecular flexibility index (Phi) is 8.06. The van der Waals surface area contributed by atoms with Crippen LogP contribution in [0.25, 0.3) is 10.9 Å². The molecule has 0 saturated heterocycles. The number of amides is 2. The molecule has 12 heteroatoms. The molecule has 4 aromatic rings. The first-order chi connectivity index (χ1) is 19.4. The molecule has 1 aliphatic rings. The highest BCUT2D eigenvalue weighted by molar-refractivity contribution is 5.94. The molecule has 1 atom stereocenters. The van der Waals surface area contributed by atoms with E-state index in [-0.39, 0.29) is 29.7 Å². The lowest BCUT2D eigenvalue weighted by Crippen LogP contribution is -2.31. The highest BCUT2D eigenvalue weighted by atomic mass is 19.1. The summed E-state index contributed by atoms with van der Waals surface area (Å²) in [5.74, 6) is -0.0464. The van der Waals surface area contributed by atoms with Gasteiger partial charge in [-0.2, -0.15) is 0 Å². The predicted molar refractivity (Wildman–Crippen MR) is 141 cm³/mol. The minimum absolute atomic E-state index is 0.0562. The lowest BCUT2D eigenvalue weighted by atomic mass is 10.1. The molecular weight excluding hydrogens is 526 g/mol. The maximum absolute atomic E-state index is 15.1. The van der Waals surface area contributed by atoms with Gasteiger partial charge in [0.15, 0.2) is 23.1 Å². The van der Waals surface area contributed by atoms with E-state index in [1.54, 1.807) is 32.2 Å². The second kappa shape index (κ2) is 12.0. The summed E-state index contributed by atoms with van der Waals surface area (Å²) in [4.78, 5) is 20.9. The van der Waals surface area contributed by atoms with E-state index in [9.17, 15) is 9.18 Å². The van der Waals surface area contributed by atoms with E-state index in [0.29, 0.717) is 53.5 Å². The van der Waals surface area contributed by atoms with Crippen molar-refractivity contribution in [3.05, 3.63) is 72.1 Å². The van der Waals surface area contributed by atoms with Gasteiger partial charge in [-0.15, -0.1) is 0 Å². The number of nitrogens with zero attached hydrogens (tertiary/aromatic N) is 2. The van der Waals surface area contributed by atoms with Crippen molar-refractivity contribution in [1.82, 2.24) is 15.3 Å². The summed E-state index contributed by atoms with van der Waals surface area (Å²) in [5, 5.41) is 5.70. The molecule has 5 rings (SSSR count). The number of halogens is 2. The first-order valence-electron chi connectivity index (χ1n) is 12.4. The molecule has 1 aliphatic heterocycles. The van der Waals surface area contributed by atoms with Gasteiger partial charge >= 0.3 is 6.03 Å². The molecule has 0 bridgehead atoms. The van der Waals surface area contributed by atoms with Gasteiger partial charge in [0.2, 0.25) is 11.6 Å². The molecule has 2 amide bonds. The number of methoxy groups -OCH3 is 1. The summed E-state index contributed by atoms with van der Waals surface area (Å²) in [5.41, 5.74) is 1.37. The van der Waals surface area contributed by atoms with Crippen LogP contribution in [-0.2, 0) is 4.74 Å². The zero-order chi connectivity index (χ0) is 28.1. The molecule has 1 aromatic heterocycles. The second-order valence-electron chi connectivity index (χ2n) is 8.76. The van der Waals surface area contributed by atoms with Crippen molar-refractivity contribution in [2.75, 3.05) is 38.9 Å². The third-order valence-electron chi connectivity index (χ3n) is 6.00. The second-order valence-corrected chi connectivity index (χ2v) is 8.76. The lowest BCUT2D eigenvalue weighted by Gasteiger charge is -2.23. The molecule has 0 saturated carbocycles. The Labute approximate surface area is 228 Å². The van der Waals surface area contributed by atoms with Gasteiger partial charge in [-0.05, 0) is 36.8 Å². The number of hydrogen-bond donors (Lipinski definition) is 2. The molecule has 10 nitrogen and oxygen atoms in total. The fourth-order valence-electron chi connectivity index (χ4n) is 4.07. The van der Waals surface area contributed by atoms with Crippen LogP contribution in [0, 0.1) is 11.6 Å². The van der Waals surface area contributed by atoms with Crippen molar-refractivity contribution in [3.63, 3.8) is 0 Å². The minimum atomic E-state index is -0.735. The van der Waals surface area contributed by atoms with Gasteiger partial charge in [0.05, 0.1) is 18.2 Å². The van der Waals surface area contributed by atoms with E-state index < -0.39 is 17.9 Å². The van der Waals surface area contributed by atoms with Gasteiger partial charge in [0.1, 0.15) is 37.4 Å². The molecule has 2 heterocycles. The zero-order valence-corrected chi connectivity index (χ0v) is 21.7. The molecule has 40 heavy (non-hydrogen) atoms. The van der Waals surface area contributed by atoms with Crippen molar-refractivity contribution in [2.24, 2.45) is 0 Å². The van der Waals surface area contributed by atoms with Gasteiger partial charge in [-0.3, -0.25) is 0 Å². The molecule has 0 spiro atoms. The van der Waals surface area contributed by atoms with Crippen molar-refractivity contribution in [2.45, 2.75) is 13.0 Å². The summed E-state index contributed by atoms with van der Waals surface area (Å²) in [6.45, 7) is 3.03. The fourth-order valence-corrected chi connectivity index (χ4v) is 4.07. The van der Waals surface area contributed by atoms with Gasteiger partial charge in [-0.1, -0.05) is 12.1 Å². The third-order valence-corrected chi connectivity index (χ3v) is 6.00. The Morgan fingerprint density at radius 2 is 1.77 bits per heavy atom. The van der Waals surface area contributed by atoms with Crippen LogP contribution in [0.3, 0.4) is 0 Å². The lowest BCUT2D eigenvalue weighted by molar-refractivity contribution is 0.134. The Morgan fingerprint density at radius 1 is 1.00 bits per heavy atom. The predicted octanol–water partition coefficient (Wildman–Crippen LogP) is 5.38. The summed E-state index contributed by atoms with van der Waals surface area (Å²) >= 11 is 0. The van der Waals surface area contributed by atoms with Gasteiger partial charge in [0, 0.05) is 24.9 Å². The van der Waals surface area contributed by atoms with E-state index in [1.807, 2.05) is 0 Å². The molecular formula is C28H26F2N4O6. The fraction of sp³-hybridized carbons (Fsp3) is 0.250. The number of benzene rings is 3. The SMILES string of the molecule is COCCOc1cc2ncnc(Oc3ccc(NC(=O)N[C@H](C)c4ccc(F)cc4)cc3F)c2c2c1OCCO2. The number of ether oxygens (including phenoxy) is 5. The molecule has 0 radical (unpaired) electrons. The van der Waals surface area contributed by atoms with E-state index in [2.05, 4.69) is 20.6 Å². The van der Waals surface area contributed by atoms with Crippen molar-refractivity contribution in [1.29, 1.82) is 0 Å². The van der Waals surface area contributed by atoms with E-state index in [0.717, 1.165) is 6.07 Å². The molecule has 0 aliphatic carbocycles. The number of fused-ring (bicyclic) bond motifs is 3. The van der Waals surface area contributed by atoms with Crippen LogP contribution >= 0.6 is 0 Å². The average Bonchev–Trinajstić information content (AvgIpc) is 2.95. The molecule has 2 N–H and O–H groups in total. The number of carbonyl (C=O) groups is 1. The van der Waals surface area contributed by atoms with Crippen LogP contribution in [0.5, 0.6) is 28.9 Å². The van der Waals surface area contributed by atoms with E-state index >= 15 is 4.39 Å². The topological polar surface area (TPSA) is 113 Å². The monoisotopic (exact) mass is 552 g/mol. The van der Waals surface area contributed by atoms with Crippen LogP contribution in [0.1, 0.15) is 18.5 Å². The zero-order valence-electron chi connectivity index (χ0n) is 21.7. The maximum Gasteiger partial charge on any atom is 0.319 e. The van der Waals surface area contributed by atoms with Crippen LogP contribution in [0.4, 0.5) is 19.3 Å². The number of rotatable bonds is 9. The van der Waals surface area contributed by atoms with E-state index in [1.165, 1.54) is 30.6 Å². The number of aromatic nitrogens is 2. The van der Waals surface area contributed by atoms with Crippen LogP contribution < -0.4 is 29.6 Å². The quantitative estimate of drug-likeness (QED) is 0.266. The first-order valence-corrected chi connectivity index (χ1v) is 12.4. The largest absolute Gasteiger partial charge is 0.487 e. The van der Waals surface area contributed by atoms with Crippen molar-refractivity contribution >= 4 is 22.6 Å². The van der Waals surface area contributed by atoms with Crippen LogP contribution in [0.15, 0.2) is 54.9 Å². The summed E-state index contributed by atoms with van der Waals surface area (Å²) < 4.78 is 56.5. The summed E-state index contributed by atoms with van der Waals surface area (Å²) in [6.07, 6.45) is 1.28. The Morgan fingerprint density at radius 3 is 2.52 bits per heavy atom. The maximum atomic E-state index is 15.1. The van der Waals surface area contributed by atoms with Gasteiger partial charge in [-0.25, -0.2) is 23.5 Å². The first kappa shape index (κ1) is 26.9. The standard InChI is InChI=1S/C28H26F2N4O6/c1-16(17-3-5-18(29)6-4-17)33-28(35)34-19-7-8-22(20(30)13-19)40-27-24-21(31-15-32-27)14-23(37-10-9-36-2)25-26(24)39-12-11-38-25/h3-8,13-16H,9-12H2,1-2H3,(H2,33,34,35)/t16-/m1/s1. The summed E-state index contributed by atoms with van der Waals surface area (Å²) in [6, 6.07) is 10.5. The highest BCUT2D eigenvalue weighted by Crippen LogP contribution is 2.48. The molecule has 3 aromatic carbocycles.